The lowest BCUT2D eigenvalue weighted by atomic mass is 10.0. The molecule has 0 aliphatic carbocycles. The van der Waals surface area contributed by atoms with Crippen molar-refractivity contribution in [2.24, 2.45) is 11.7 Å². The van der Waals surface area contributed by atoms with Gasteiger partial charge in [-0.15, -0.1) is 0 Å². The first-order valence-electron chi connectivity index (χ1n) is 5.78. The van der Waals surface area contributed by atoms with E-state index in [9.17, 15) is 14.4 Å². The molecule has 0 bridgehead atoms. The van der Waals surface area contributed by atoms with Crippen LogP contribution in [-0.2, 0) is 14.4 Å². The Morgan fingerprint density at radius 2 is 2.12 bits per heavy atom. The van der Waals surface area contributed by atoms with Gasteiger partial charge in [0.2, 0.25) is 18.2 Å². The lowest BCUT2D eigenvalue weighted by molar-refractivity contribution is -0.140. The zero-order chi connectivity index (χ0) is 13.0. The Labute approximate surface area is 101 Å². The van der Waals surface area contributed by atoms with Crippen LogP contribution in [0.3, 0.4) is 0 Å². The number of nitrogens with zero attached hydrogens (tertiary/aromatic N) is 1. The minimum absolute atomic E-state index is 0.0261. The zero-order valence-electron chi connectivity index (χ0n) is 10.2. The van der Waals surface area contributed by atoms with Gasteiger partial charge in [-0.3, -0.25) is 14.4 Å². The van der Waals surface area contributed by atoms with Crippen molar-refractivity contribution in [3.8, 4) is 0 Å². The average molecular weight is 241 g/mol. The minimum atomic E-state index is -0.590. The van der Waals surface area contributed by atoms with E-state index in [0.717, 1.165) is 6.42 Å². The number of nitrogens with one attached hydrogen (secondary N) is 1. The van der Waals surface area contributed by atoms with E-state index in [0.29, 0.717) is 19.4 Å². The summed E-state index contributed by atoms with van der Waals surface area (Å²) in [5, 5.41) is 2.49. The molecule has 1 aliphatic heterocycles. The number of carbonyl (C=O) groups is 3. The fourth-order valence-corrected chi connectivity index (χ4v) is 2.13. The maximum Gasteiger partial charge on any atom is 0.246 e. The summed E-state index contributed by atoms with van der Waals surface area (Å²) in [6, 6.07) is -1.12. The van der Waals surface area contributed by atoms with Crippen LogP contribution in [-0.4, -0.2) is 41.8 Å². The first-order chi connectivity index (χ1) is 7.99. The number of carbonyl (C=O) groups excluding carboxylic acids is 3. The Morgan fingerprint density at radius 3 is 2.59 bits per heavy atom. The maximum absolute atomic E-state index is 12.2. The van der Waals surface area contributed by atoms with Crippen molar-refractivity contribution >= 4 is 18.2 Å². The molecule has 2 atom stereocenters. The zero-order valence-corrected chi connectivity index (χ0v) is 10.2. The van der Waals surface area contributed by atoms with Crippen molar-refractivity contribution in [3.05, 3.63) is 0 Å². The van der Waals surface area contributed by atoms with E-state index in [-0.39, 0.29) is 11.8 Å². The monoisotopic (exact) mass is 241 g/mol. The summed E-state index contributed by atoms with van der Waals surface area (Å²) in [7, 11) is 0. The number of hydrogen-bond acceptors (Lipinski definition) is 3. The van der Waals surface area contributed by atoms with Gasteiger partial charge in [-0.1, -0.05) is 13.8 Å². The van der Waals surface area contributed by atoms with E-state index >= 15 is 0 Å². The van der Waals surface area contributed by atoms with E-state index in [1.807, 2.05) is 13.8 Å². The Hall–Kier alpha value is -1.59. The second kappa shape index (κ2) is 5.65. The number of hydrogen-bond donors (Lipinski definition) is 2. The largest absolute Gasteiger partial charge is 0.368 e. The molecule has 17 heavy (non-hydrogen) atoms. The van der Waals surface area contributed by atoms with Crippen LogP contribution in [0.5, 0.6) is 0 Å². The third-order valence-corrected chi connectivity index (χ3v) is 3.04. The molecule has 6 nitrogen and oxygen atoms in total. The molecular weight excluding hydrogens is 222 g/mol. The molecule has 1 saturated heterocycles. The highest BCUT2D eigenvalue weighted by atomic mass is 16.2. The van der Waals surface area contributed by atoms with Gasteiger partial charge >= 0.3 is 0 Å². The maximum atomic E-state index is 12.2. The van der Waals surface area contributed by atoms with Crippen LogP contribution < -0.4 is 11.1 Å². The summed E-state index contributed by atoms with van der Waals surface area (Å²) in [6.45, 7) is 4.21. The number of amides is 3. The highest BCUT2D eigenvalue weighted by molar-refractivity contribution is 5.90. The summed E-state index contributed by atoms with van der Waals surface area (Å²) in [5.74, 6) is -0.736. The van der Waals surface area contributed by atoms with Gasteiger partial charge in [0.15, 0.2) is 0 Å². The third-order valence-electron chi connectivity index (χ3n) is 3.04. The predicted molar refractivity (Wildman–Crippen MR) is 61.8 cm³/mol. The summed E-state index contributed by atoms with van der Waals surface area (Å²) >= 11 is 0. The van der Waals surface area contributed by atoms with Gasteiger partial charge in [0.05, 0.1) is 0 Å². The van der Waals surface area contributed by atoms with Crippen LogP contribution in [0, 0.1) is 5.92 Å². The van der Waals surface area contributed by atoms with Crippen LogP contribution in [0.2, 0.25) is 0 Å². The van der Waals surface area contributed by atoms with Crippen molar-refractivity contribution in [1.29, 1.82) is 0 Å². The summed E-state index contributed by atoms with van der Waals surface area (Å²) in [6.07, 6.45) is 1.89. The number of likely N-dealkylation sites (tertiary alicyclic amines) is 1. The SMILES string of the molecule is CC(C)C(NC=O)C(=O)N1CCC[C@H]1C(N)=O. The summed E-state index contributed by atoms with van der Waals surface area (Å²) < 4.78 is 0. The first kappa shape index (κ1) is 13.5. The van der Waals surface area contributed by atoms with E-state index in [4.69, 9.17) is 5.73 Å². The molecule has 3 amide bonds. The number of rotatable bonds is 5. The normalized spacial score (nSPS) is 21.4. The second-order valence-electron chi connectivity index (χ2n) is 4.60. The van der Waals surface area contributed by atoms with Gasteiger partial charge in [0.1, 0.15) is 12.1 Å². The van der Waals surface area contributed by atoms with Gasteiger partial charge in [-0.05, 0) is 18.8 Å². The fraction of sp³-hybridized carbons (Fsp3) is 0.727. The molecule has 1 unspecified atom stereocenters. The molecule has 1 rings (SSSR count). The predicted octanol–water partition coefficient (Wildman–Crippen LogP) is -0.767. The van der Waals surface area contributed by atoms with Crippen LogP contribution in [0.4, 0.5) is 0 Å². The van der Waals surface area contributed by atoms with Gasteiger partial charge in [-0.2, -0.15) is 0 Å². The van der Waals surface area contributed by atoms with E-state index in [2.05, 4.69) is 5.32 Å². The molecule has 0 spiro atoms. The Morgan fingerprint density at radius 1 is 1.47 bits per heavy atom. The van der Waals surface area contributed by atoms with Crippen molar-refractivity contribution in [3.63, 3.8) is 0 Å². The average Bonchev–Trinajstić information content (AvgIpc) is 2.73. The molecule has 1 heterocycles. The van der Waals surface area contributed by atoms with E-state index in [1.165, 1.54) is 4.90 Å². The summed E-state index contributed by atoms with van der Waals surface area (Å²) in [5.41, 5.74) is 5.25. The Bertz CT molecular complexity index is 317. The number of nitrogens with two attached hydrogens (primary N) is 1. The standard InChI is InChI=1S/C11H19N3O3/c1-7(2)9(13-6-15)11(17)14-5-3-4-8(14)10(12)16/h6-9H,3-5H2,1-2H3,(H2,12,16)(H,13,15)/t8-,9?/m0/s1. The quantitative estimate of drug-likeness (QED) is 0.619. The van der Waals surface area contributed by atoms with Gasteiger partial charge in [-0.25, -0.2) is 0 Å². The molecule has 1 aliphatic rings. The van der Waals surface area contributed by atoms with Crippen molar-refractivity contribution < 1.29 is 14.4 Å². The lowest BCUT2D eigenvalue weighted by Gasteiger charge is -2.28. The highest BCUT2D eigenvalue weighted by Gasteiger charge is 2.36. The second-order valence-corrected chi connectivity index (χ2v) is 4.60. The molecule has 0 aromatic carbocycles. The molecule has 0 saturated carbocycles. The first-order valence-corrected chi connectivity index (χ1v) is 5.78. The van der Waals surface area contributed by atoms with Crippen molar-refractivity contribution in [2.45, 2.75) is 38.8 Å². The molecule has 0 aromatic heterocycles. The Kier molecular flexibility index (Phi) is 4.48. The van der Waals surface area contributed by atoms with Crippen LogP contribution in [0.1, 0.15) is 26.7 Å². The molecular formula is C11H19N3O3. The molecule has 3 N–H and O–H groups in total. The minimum Gasteiger partial charge on any atom is -0.368 e. The highest BCUT2D eigenvalue weighted by Crippen LogP contribution is 2.19. The van der Waals surface area contributed by atoms with Crippen LogP contribution >= 0.6 is 0 Å². The molecule has 6 heteroatoms. The molecule has 96 valence electrons. The molecule has 0 radical (unpaired) electrons. The van der Waals surface area contributed by atoms with E-state index < -0.39 is 18.0 Å². The van der Waals surface area contributed by atoms with Crippen molar-refractivity contribution in [1.82, 2.24) is 10.2 Å². The smallest absolute Gasteiger partial charge is 0.246 e. The van der Waals surface area contributed by atoms with E-state index in [1.54, 1.807) is 0 Å². The van der Waals surface area contributed by atoms with Crippen molar-refractivity contribution in [2.75, 3.05) is 6.54 Å². The lowest BCUT2D eigenvalue weighted by Crippen LogP contribution is -2.53. The fourth-order valence-electron chi connectivity index (χ4n) is 2.13. The molecule has 0 aromatic rings. The van der Waals surface area contributed by atoms with Crippen LogP contribution in [0.15, 0.2) is 0 Å². The summed E-state index contributed by atoms with van der Waals surface area (Å²) in [4.78, 5) is 35.4. The van der Waals surface area contributed by atoms with Gasteiger partial charge in [0.25, 0.3) is 0 Å². The van der Waals surface area contributed by atoms with Crippen LogP contribution in [0.25, 0.3) is 0 Å². The Balaban J connectivity index is 2.79. The van der Waals surface area contributed by atoms with Gasteiger partial charge in [0, 0.05) is 6.54 Å². The third kappa shape index (κ3) is 2.95. The van der Waals surface area contributed by atoms with Gasteiger partial charge < -0.3 is 16.0 Å². The topological polar surface area (TPSA) is 92.5 Å². The number of primary amides is 1. The molecule has 1 fully saturated rings.